The average molecular weight is 728 g/mol. The van der Waals surface area contributed by atoms with Crippen molar-refractivity contribution in [1.29, 1.82) is 0 Å². The van der Waals surface area contributed by atoms with E-state index in [-0.39, 0.29) is 42.7 Å². The highest BCUT2D eigenvalue weighted by Gasteiger charge is 2.53. The minimum atomic E-state index is -2.66. The number of benzene rings is 2. The summed E-state index contributed by atoms with van der Waals surface area (Å²) in [6.07, 6.45) is 6.21. The number of aromatic amines is 2. The van der Waals surface area contributed by atoms with E-state index in [0.29, 0.717) is 43.9 Å². The van der Waals surface area contributed by atoms with Gasteiger partial charge in [0.1, 0.15) is 17.7 Å². The molecule has 3 aliphatic rings. The molecule has 1 saturated carbocycles. The Morgan fingerprint density at radius 1 is 0.811 bits per heavy atom. The lowest BCUT2D eigenvalue weighted by Gasteiger charge is -2.44. The van der Waals surface area contributed by atoms with E-state index in [4.69, 9.17) is 4.74 Å². The van der Waals surface area contributed by atoms with Crippen molar-refractivity contribution in [2.45, 2.75) is 102 Å². The third-order valence-electron chi connectivity index (χ3n) is 11.4. The van der Waals surface area contributed by atoms with Crippen molar-refractivity contribution in [2.24, 2.45) is 5.92 Å². The fourth-order valence-electron chi connectivity index (χ4n) is 8.55. The monoisotopic (exact) mass is 727 g/mol. The second-order valence-electron chi connectivity index (χ2n) is 15.1. The number of alkyl halides is 2. The number of nitrogens with zero attached hydrogens (tertiary/aromatic N) is 4. The van der Waals surface area contributed by atoms with Crippen LogP contribution < -0.4 is 5.32 Å². The number of amides is 3. The molecule has 3 N–H and O–H groups in total. The Morgan fingerprint density at radius 3 is 1.85 bits per heavy atom. The van der Waals surface area contributed by atoms with E-state index in [0.717, 1.165) is 46.5 Å². The first-order chi connectivity index (χ1) is 25.4. The number of halogens is 2. The first kappa shape index (κ1) is 36.3. The van der Waals surface area contributed by atoms with Gasteiger partial charge in [-0.15, -0.1) is 0 Å². The molecule has 53 heavy (non-hydrogen) atoms. The van der Waals surface area contributed by atoms with Crippen molar-refractivity contribution in [3.8, 4) is 33.6 Å². The van der Waals surface area contributed by atoms with Crippen LogP contribution in [0.3, 0.4) is 0 Å². The molecular formula is C40H47F2N7O4. The largest absolute Gasteiger partial charge is 0.453 e. The maximum absolute atomic E-state index is 14.0. The fourth-order valence-corrected chi connectivity index (χ4v) is 8.55. The number of rotatable bonds is 8. The third-order valence-corrected chi connectivity index (χ3v) is 11.4. The van der Waals surface area contributed by atoms with Gasteiger partial charge in [0, 0.05) is 31.8 Å². The van der Waals surface area contributed by atoms with Crippen LogP contribution in [0.5, 0.6) is 0 Å². The van der Waals surface area contributed by atoms with Crippen LogP contribution in [0.15, 0.2) is 60.9 Å². The van der Waals surface area contributed by atoms with Crippen LogP contribution >= 0.6 is 0 Å². The molecule has 3 amide bonds. The standard InChI is InChI=1S/C40H47F2N7O4/c1-24(2)34(47-38(52)53-4)37(51)48-21-5-6-32(48)35-43-22-30(45-35)28-11-7-26(8-12-28)27-9-13-29(14-10-27)31-23-44-36(46-31)33-15-16-39(49(33)25(3)50)17-19-40(41,42)20-18-39/h7-14,22-24,32-34H,5-6,15-21H2,1-4H3,(H,43,45)(H,44,46)(H,47,52)/t32-,33?,34-/m0/s1. The summed E-state index contributed by atoms with van der Waals surface area (Å²) < 4.78 is 32.8. The number of nitrogens with one attached hydrogen (secondary N) is 3. The first-order valence-electron chi connectivity index (χ1n) is 18.5. The number of imidazole rings is 2. The van der Waals surface area contributed by atoms with Crippen molar-refractivity contribution in [3.05, 3.63) is 72.6 Å². The molecular weight excluding hydrogens is 680 g/mol. The van der Waals surface area contributed by atoms with Gasteiger partial charge >= 0.3 is 6.09 Å². The summed E-state index contributed by atoms with van der Waals surface area (Å²) in [5.41, 5.74) is 5.16. The maximum Gasteiger partial charge on any atom is 0.407 e. The van der Waals surface area contributed by atoms with Crippen molar-refractivity contribution in [2.75, 3.05) is 13.7 Å². The van der Waals surface area contributed by atoms with Crippen LogP contribution in [-0.4, -0.2) is 78.8 Å². The Bertz CT molecular complexity index is 1950. The van der Waals surface area contributed by atoms with E-state index in [1.807, 2.05) is 43.0 Å². The Kier molecular flexibility index (Phi) is 9.86. The van der Waals surface area contributed by atoms with E-state index in [9.17, 15) is 23.2 Å². The highest BCUT2D eigenvalue weighted by atomic mass is 19.3. The molecule has 4 aromatic rings. The predicted molar refractivity (Wildman–Crippen MR) is 196 cm³/mol. The zero-order valence-corrected chi connectivity index (χ0v) is 30.6. The molecule has 1 spiro atoms. The summed E-state index contributed by atoms with van der Waals surface area (Å²) in [4.78, 5) is 58.1. The lowest BCUT2D eigenvalue weighted by molar-refractivity contribution is -0.142. The van der Waals surface area contributed by atoms with E-state index < -0.39 is 23.6 Å². The smallest absolute Gasteiger partial charge is 0.407 e. The average Bonchev–Trinajstić information content (AvgIpc) is 3.98. The maximum atomic E-state index is 14.0. The highest BCUT2D eigenvalue weighted by molar-refractivity contribution is 5.86. The highest BCUT2D eigenvalue weighted by Crippen LogP contribution is 2.52. The number of methoxy groups -OCH3 is 1. The Labute approximate surface area is 307 Å². The number of H-pyrrole nitrogens is 2. The Balaban J connectivity index is 1.01. The molecule has 2 saturated heterocycles. The van der Waals surface area contributed by atoms with Crippen molar-refractivity contribution >= 4 is 17.9 Å². The van der Waals surface area contributed by atoms with E-state index in [2.05, 4.69) is 49.5 Å². The van der Waals surface area contributed by atoms with Gasteiger partial charge < -0.3 is 29.8 Å². The van der Waals surface area contributed by atoms with E-state index in [1.54, 1.807) is 17.3 Å². The van der Waals surface area contributed by atoms with Crippen molar-refractivity contribution < 1.29 is 27.9 Å². The molecule has 1 unspecified atom stereocenters. The first-order valence-corrected chi connectivity index (χ1v) is 18.5. The molecule has 1 aliphatic carbocycles. The van der Waals surface area contributed by atoms with Crippen molar-refractivity contribution in [3.63, 3.8) is 0 Å². The van der Waals surface area contributed by atoms with Gasteiger partial charge in [-0.25, -0.2) is 23.5 Å². The van der Waals surface area contributed by atoms with Crippen LogP contribution in [0.4, 0.5) is 13.6 Å². The molecule has 2 aliphatic heterocycles. The Hall–Kier alpha value is -5.07. The second-order valence-corrected chi connectivity index (χ2v) is 15.1. The molecule has 13 heteroatoms. The molecule has 0 bridgehead atoms. The number of hydrogen-bond donors (Lipinski definition) is 3. The van der Waals surface area contributed by atoms with Crippen LogP contribution in [0, 0.1) is 5.92 Å². The van der Waals surface area contributed by atoms with Gasteiger partial charge in [0.15, 0.2) is 0 Å². The van der Waals surface area contributed by atoms with Gasteiger partial charge in [-0.1, -0.05) is 62.4 Å². The van der Waals surface area contributed by atoms with Crippen LogP contribution in [-0.2, 0) is 14.3 Å². The zero-order chi connectivity index (χ0) is 37.5. The SMILES string of the molecule is COC(=O)N[C@H](C(=O)N1CCC[C@H]1c1ncc(-c2ccc(-c3ccc(-c4cnc(C5CCC6(CCC(F)(F)CC6)N5C(C)=O)[nH]4)cc3)cc2)[nH]1)C(C)C. The van der Waals surface area contributed by atoms with Crippen LogP contribution in [0.2, 0.25) is 0 Å². The van der Waals surface area contributed by atoms with Gasteiger partial charge in [-0.05, 0) is 66.7 Å². The van der Waals surface area contributed by atoms with E-state index in [1.165, 1.54) is 14.0 Å². The molecule has 11 nitrogen and oxygen atoms in total. The summed E-state index contributed by atoms with van der Waals surface area (Å²) in [6, 6.07) is 15.2. The van der Waals surface area contributed by atoms with Gasteiger partial charge in [0.05, 0.1) is 43.0 Å². The molecule has 0 radical (unpaired) electrons. The number of hydrogen-bond acceptors (Lipinski definition) is 6. The summed E-state index contributed by atoms with van der Waals surface area (Å²) in [7, 11) is 1.28. The summed E-state index contributed by atoms with van der Waals surface area (Å²) in [5, 5.41) is 2.69. The van der Waals surface area contributed by atoms with Crippen LogP contribution in [0.25, 0.3) is 33.6 Å². The quantitative estimate of drug-likeness (QED) is 0.169. The predicted octanol–water partition coefficient (Wildman–Crippen LogP) is 7.81. The lowest BCUT2D eigenvalue weighted by Crippen LogP contribution is -2.51. The summed E-state index contributed by atoms with van der Waals surface area (Å²) >= 11 is 0. The van der Waals surface area contributed by atoms with Crippen molar-refractivity contribution in [1.82, 2.24) is 35.1 Å². The lowest BCUT2D eigenvalue weighted by atomic mass is 9.78. The number of alkyl carbamates (subject to hydrolysis) is 1. The molecule has 2 aromatic heterocycles. The van der Waals surface area contributed by atoms with Gasteiger partial charge in [0.2, 0.25) is 17.7 Å². The normalized spacial score (nSPS) is 21.3. The van der Waals surface area contributed by atoms with Crippen LogP contribution in [0.1, 0.15) is 95.9 Å². The second kappa shape index (κ2) is 14.4. The molecule has 3 fully saturated rings. The number of ether oxygens (including phenoxy) is 1. The molecule has 280 valence electrons. The number of aromatic nitrogens is 4. The van der Waals surface area contributed by atoms with Gasteiger partial charge in [-0.3, -0.25) is 9.59 Å². The molecule has 7 rings (SSSR count). The minimum Gasteiger partial charge on any atom is -0.453 e. The zero-order valence-electron chi connectivity index (χ0n) is 30.6. The molecule has 2 aromatic carbocycles. The molecule has 3 atom stereocenters. The third kappa shape index (κ3) is 7.17. The topological polar surface area (TPSA) is 136 Å². The number of carbonyl (C=O) groups is 3. The van der Waals surface area contributed by atoms with Gasteiger partial charge in [0.25, 0.3) is 0 Å². The van der Waals surface area contributed by atoms with E-state index >= 15 is 0 Å². The number of likely N-dealkylation sites (tertiary alicyclic amines) is 2. The summed E-state index contributed by atoms with van der Waals surface area (Å²) in [5.74, 6) is -1.61. The number of carbonyl (C=O) groups excluding carboxylic acids is 3. The fraction of sp³-hybridized carbons (Fsp3) is 0.475. The molecule has 4 heterocycles. The Morgan fingerprint density at radius 2 is 1.34 bits per heavy atom. The minimum absolute atomic E-state index is 0.0995. The summed E-state index contributed by atoms with van der Waals surface area (Å²) in [6.45, 7) is 5.91. The van der Waals surface area contributed by atoms with Gasteiger partial charge in [-0.2, -0.15) is 0 Å².